The number of nitro benzene ring substituents is 1. The number of anilines is 2. The van der Waals surface area contributed by atoms with Gasteiger partial charge < -0.3 is 10.6 Å². The van der Waals surface area contributed by atoms with Crippen LogP contribution in [0.1, 0.15) is 18.0 Å². The largest absolute Gasteiger partial charge is 0.326 e. The van der Waals surface area contributed by atoms with E-state index >= 15 is 0 Å². The molecule has 0 radical (unpaired) electrons. The topological polar surface area (TPSA) is 119 Å². The number of amides is 2. The highest BCUT2D eigenvalue weighted by molar-refractivity contribution is 6.04. The van der Waals surface area contributed by atoms with Crippen LogP contribution in [0.3, 0.4) is 0 Å². The van der Waals surface area contributed by atoms with E-state index < -0.39 is 16.9 Å². The van der Waals surface area contributed by atoms with E-state index in [1.807, 2.05) is 30.3 Å². The first-order chi connectivity index (χ1) is 13.9. The number of hydrogen-bond acceptors (Lipinski definition) is 5. The summed E-state index contributed by atoms with van der Waals surface area (Å²) in [5, 5.41) is 20.7. The van der Waals surface area contributed by atoms with Crippen LogP contribution in [0.4, 0.5) is 17.2 Å². The summed E-state index contributed by atoms with van der Waals surface area (Å²) in [4.78, 5) is 35.4. The van der Waals surface area contributed by atoms with Crippen LogP contribution >= 0.6 is 0 Å². The van der Waals surface area contributed by atoms with Crippen LogP contribution in [-0.2, 0) is 9.59 Å². The van der Waals surface area contributed by atoms with Crippen LogP contribution < -0.4 is 10.6 Å². The molecule has 0 fully saturated rings. The number of fused-ring (bicyclic) bond motifs is 1. The molecule has 4 rings (SSSR count). The lowest BCUT2D eigenvalue weighted by atomic mass is 10.1. The van der Waals surface area contributed by atoms with Crippen LogP contribution in [0.2, 0.25) is 0 Å². The smallest absolute Gasteiger partial charge is 0.274 e. The lowest BCUT2D eigenvalue weighted by Crippen LogP contribution is -2.23. The van der Waals surface area contributed by atoms with E-state index in [0.29, 0.717) is 17.1 Å². The molecule has 1 aliphatic heterocycles. The maximum Gasteiger partial charge on any atom is 0.274 e. The molecule has 0 bridgehead atoms. The molecule has 1 unspecified atom stereocenters. The molecule has 9 nitrogen and oxygen atoms in total. The number of aryl methyl sites for hydroxylation is 1. The second kappa shape index (κ2) is 7.19. The average Bonchev–Trinajstić information content (AvgIpc) is 3.23. The third kappa shape index (κ3) is 3.45. The molecule has 2 amide bonds. The van der Waals surface area contributed by atoms with E-state index in [9.17, 15) is 19.7 Å². The molecule has 29 heavy (non-hydrogen) atoms. The van der Waals surface area contributed by atoms with Gasteiger partial charge in [0.1, 0.15) is 11.9 Å². The second-order valence-electron chi connectivity index (χ2n) is 6.73. The quantitative estimate of drug-likeness (QED) is 0.511. The van der Waals surface area contributed by atoms with Gasteiger partial charge in [0.2, 0.25) is 5.91 Å². The van der Waals surface area contributed by atoms with Gasteiger partial charge in [-0.25, -0.2) is 4.68 Å². The van der Waals surface area contributed by atoms with Crippen molar-refractivity contribution in [3.05, 3.63) is 70.4 Å². The zero-order valence-electron chi connectivity index (χ0n) is 15.5. The van der Waals surface area contributed by atoms with E-state index in [2.05, 4.69) is 15.7 Å². The molecule has 2 heterocycles. The Morgan fingerprint density at radius 1 is 1.28 bits per heavy atom. The normalized spacial score (nSPS) is 14.9. The molecule has 0 saturated carbocycles. The zero-order valence-corrected chi connectivity index (χ0v) is 15.5. The summed E-state index contributed by atoms with van der Waals surface area (Å²) in [6, 6.07) is 13.2. The predicted octanol–water partition coefficient (Wildman–Crippen LogP) is 3.29. The van der Waals surface area contributed by atoms with Crippen molar-refractivity contribution in [2.75, 3.05) is 10.6 Å². The Hall–Kier alpha value is -4.01. The molecule has 2 N–H and O–H groups in total. The maximum atomic E-state index is 12.5. The number of nitrogens with zero attached hydrogens (tertiary/aromatic N) is 3. The first-order valence-corrected chi connectivity index (χ1v) is 8.92. The zero-order chi connectivity index (χ0) is 20.5. The van der Waals surface area contributed by atoms with Gasteiger partial charge in [0.05, 0.1) is 17.5 Å². The Morgan fingerprint density at radius 2 is 2.03 bits per heavy atom. The Morgan fingerprint density at radius 3 is 2.76 bits per heavy atom. The van der Waals surface area contributed by atoms with Crippen molar-refractivity contribution >= 4 is 29.0 Å². The number of nitrogens with one attached hydrogen (secondary N) is 2. The first kappa shape index (κ1) is 18.4. The highest BCUT2D eigenvalue weighted by atomic mass is 16.6. The summed E-state index contributed by atoms with van der Waals surface area (Å²) in [5.41, 5.74) is 2.40. The van der Waals surface area contributed by atoms with Gasteiger partial charge in [-0.05, 0) is 18.6 Å². The van der Waals surface area contributed by atoms with Crippen molar-refractivity contribution in [2.45, 2.75) is 19.4 Å². The number of benzene rings is 2. The Labute approximate surface area is 165 Å². The molecular weight excluding hydrogens is 374 g/mol. The van der Waals surface area contributed by atoms with Gasteiger partial charge >= 0.3 is 0 Å². The highest BCUT2D eigenvalue weighted by Gasteiger charge is 2.35. The average molecular weight is 391 g/mol. The third-order valence-electron chi connectivity index (χ3n) is 4.79. The van der Waals surface area contributed by atoms with Gasteiger partial charge in [0.25, 0.3) is 11.6 Å². The van der Waals surface area contributed by atoms with Gasteiger partial charge in [-0.2, -0.15) is 5.10 Å². The maximum absolute atomic E-state index is 12.5. The first-order valence-electron chi connectivity index (χ1n) is 8.92. The van der Waals surface area contributed by atoms with Crippen molar-refractivity contribution < 1.29 is 14.5 Å². The van der Waals surface area contributed by atoms with E-state index in [-0.39, 0.29) is 18.0 Å². The van der Waals surface area contributed by atoms with Crippen molar-refractivity contribution in [1.29, 1.82) is 0 Å². The van der Waals surface area contributed by atoms with Gasteiger partial charge in [-0.1, -0.05) is 36.4 Å². The number of hydrogen-bond donors (Lipinski definition) is 2. The van der Waals surface area contributed by atoms with Gasteiger partial charge in [0.15, 0.2) is 0 Å². The van der Waals surface area contributed by atoms with E-state index in [1.54, 1.807) is 25.3 Å². The van der Waals surface area contributed by atoms with Crippen molar-refractivity contribution in [2.24, 2.45) is 0 Å². The van der Waals surface area contributed by atoms with Gasteiger partial charge in [-0.15, -0.1) is 0 Å². The second-order valence-corrected chi connectivity index (χ2v) is 6.73. The third-order valence-corrected chi connectivity index (χ3v) is 4.79. The lowest BCUT2D eigenvalue weighted by molar-refractivity contribution is -0.385. The summed E-state index contributed by atoms with van der Waals surface area (Å²) in [7, 11) is 0. The lowest BCUT2D eigenvalue weighted by Gasteiger charge is -2.10. The molecule has 2 aromatic carbocycles. The summed E-state index contributed by atoms with van der Waals surface area (Å²) >= 11 is 0. The fourth-order valence-corrected chi connectivity index (χ4v) is 3.31. The predicted molar refractivity (Wildman–Crippen MR) is 106 cm³/mol. The standard InChI is InChI=1S/C20H17N5O4/c1-12-7-8-14(9-16(12)25(28)29)22-18(26)10-17-20(27)23-19-15(11-21-24(17)19)13-5-3-2-4-6-13/h2-9,11,17H,10H2,1H3,(H,22,26)(H,23,27). The van der Waals surface area contributed by atoms with Gasteiger partial charge in [-0.3, -0.25) is 19.7 Å². The molecule has 0 spiro atoms. The van der Waals surface area contributed by atoms with Crippen LogP contribution in [-0.4, -0.2) is 26.5 Å². The van der Waals surface area contributed by atoms with Crippen LogP contribution in [0, 0.1) is 17.0 Å². The van der Waals surface area contributed by atoms with Crippen LogP contribution in [0.25, 0.3) is 11.1 Å². The summed E-state index contributed by atoms with van der Waals surface area (Å²) in [5.74, 6) is -0.215. The summed E-state index contributed by atoms with van der Waals surface area (Å²) < 4.78 is 1.50. The molecule has 1 aromatic heterocycles. The number of aromatic nitrogens is 2. The summed E-state index contributed by atoms with van der Waals surface area (Å²) in [6.45, 7) is 1.62. The van der Waals surface area contributed by atoms with E-state index in [1.165, 1.54) is 10.7 Å². The van der Waals surface area contributed by atoms with Crippen LogP contribution in [0.15, 0.2) is 54.7 Å². The molecule has 3 aromatic rings. The monoisotopic (exact) mass is 391 g/mol. The minimum Gasteiger partial charge on any atom is -0.326 e. The summed E-state index contributed by atoms with van der Waals surface area (Å²) in [6.07, 6.45) is 1.51. The minimum absolute atomic E-state index is 0.0803. The Bertz CT molecular complexity index is 1120. The minimum atomic E-state index is -0.789. The molecule has 1 atom stereocenters. The van der Waals surface area contributed by atoms with Crippen molar-refractivity contribution in [1.82, 2.24) is 9.78 Å². The number of nitro groups is 1. The van der Waals surface area contributed by atoms with Crippen molar-refractivity contribution in [3.8, 4) is 11.1 Å². The van der Waals surface area contributed by atoms with E-state index in [4.69, 9.17) is 0 Å². The molecule has 0 aliphatic carbocycles. The van der Waals surface area contributed by atoms with E-state index in [0.717, 1.165) is 11.1 Å². The fourth-order valence-electron chi connectivity index (χ4n) is 3.31. The fraction of sp³-hybridized carbons (Fsp3) is 0.150. The van der Waals surface area contributed by atoms with Crippen LogP contribution in [0.5, 0.6) is 0 Å². The number of carbonyl (C=O) groups excluding carboxylic acids is 2. The molecule has 1 aliphatic rings. The highest BCUT2D eigenvalue weighted by Crippen LogP contribution is 2.35. The molecule has 0 saturated heterocycles. The number of carbonyl (C=O) groups is 2. The molecule has 146 valence electrons. The number of rotatable bonds is 5. The van der Waals surface area contributed by atoms with Crippen molar-refractivity contribution in [3.63, 3.8) is 0 Å². The molecule has 9 heteroatoms. The SMILES string of the molecule is Cc1ccc(NC(=O)CC2C(=O)Nc3c(-c4ccccc4)cnn32)cc1[N+](=O)[O-]. The Balaban J connectivity index is 1.52. The Kier molecular flexibility index (Phi) is 4.55. The van der Waals surface area contributed by atoms with Gasteiger partial charge in [0, 0.05) is 22.9 Å². The molecular formula is C20H17N5O4.